The Morgan fingerprint density at radius 2 is 2.22 bits per heavy atom. The van der Waals surface area contributed by atoms with E-state index in [-0.39, 0.29) is 6.54 Å². The van der Waals surface area contributed by atoms with E-state index in [1.54, 1.807) is 29.2 Å². The maximum Gasteiger partial charge on any atom is 0.323 e. The van der Waals surface area contributed by atoms with Crippen LogP contribution in [0.25, 0.3) is 0 Å². The SMILES string of the molecule is COCCN(CC(=O)O)c1ccnc(N(C)C)n1. The number of rotatable bonds is 7. The van der Waals surface area contributed by atoms with Crippen molar-refractivity contribution in [3.8, 4) is 0 Å². The van der Waals surface area contributed by atoms with Gasteiger partial charge in [-0.15, -0.1) is 0 Å². The minimum atomic E-state index is -0.906. The predicted molar refractivity (Wildman–Crippen MR) is 68.1 cm³/mol. The van der Waals surface area contributed by atoms with Gasteiger partial charge in [-0.2, -0.15) is 4.98 Å². The molecule has 0 aromatic carbocycles. The third-order valence-corrected chi connectivity index (χ3v) is 2.24. The van der Waals surface area contributed by atoms with Crippen LogP contribution in [-0.4, -0.2) is 61.9 Å². The Labute approximate surface area is 106 Å². The molecule has 1 N–H and O–H groups in total. The second kappa shape index (κ2) is 6.75. The van der Waals surface area contributed by atoms with Crippen molar-refractivity contribution in [1.82, 2.24) is 9.97 Å². The van der Waals surface area contributed by atoms with E-state index in [9.17, 15) is 4.79 Å². The van der Waals surface area contributed by atoms with Crippen LogP contribution in [0.4, 0.5) is 11.8 Å². The van der Waals surface area contributed by atoms with E-state index in [2.05, 4.69) is 9.97 Å². The van der Waals surface area contributed by atoms with Gasteiger partial charge in [-0.3, -0.25) is 4.79 Å². The Kier molecular flexibility index (Phi) is 5.31. The van der Waals surface area contributed by atoms with Gasteiger partial charge >= 0.3 is 5.97 Å². The van der Waals surface area contributed by atoms with E-state index in [1.807, 2.05) is 14.1 Å². The molecule has 1 rings (SSSR count). The van der Waals surface area contributed by atoms with Crippen LogP contribution in [0.15, 0.2) is 12.3 Å². The second-order valence-electron chi connectivity index (χ2n) is 3.92. The molecule has 18 heavy (non-hydrogen) atoms. The monoisotopic (exact) mass is 254 g/mol. The van der Waals surface area contributed by atoms with Gasteiger partial charge in [-0.25, -0.2) is 4.98 Å². The van der Waals surface area contributed by atoms with Gasteiger partial charge < -0.3 is 19.6 Å². The first kappa shape index (κ1) is 14.2. The number of carboxylic acids is 1. The van der Waals surface area contributed by atoms with Crippen molar-refractivity contribution in [3.05, 3.63) is 12.3 Å². The van der Waals surface area contributed by atoms with Crippen molar-refractivity contribution in [2.75, 3.05) is 50.7 Å². The van der Waals surface area contributed by atoms with Gasteiger partial charge in [0.15, 0.2) is 0 Å². The van der Waals surface area contributed by atoms with Gasteiger partial charge in [0.05, 0.1) is 6.61 Å². The van der Waals surface area contributed by atoms with Gasteiger partial charge in [0.25, 0.3) is 0 Å². The van der Waals surface area contributed by atoms with E-state index in [4.69, 9.17) is 9.84 Å². The smallest absolute Gasteiger partial charge is 0.323 e. The summed E-state index contributed by atoms with van der Waals surface area (Å²) in [5.41, 5.74) is 0. The fourth-order valence-corrected chi connectivity index (χ4v) is 1.37. The molecule has 100 valence electrons. The molecule has 0 amide bonds. The molecule has 7 nitrogen and oxygen atoms in total. The fraction of sp³-hybridized carbons (Fsp3) is 0.545. The summed E-state index contributed by atoms with van der Waals surface area (Å²) >= 11 is 0. The van der Waals surface area contributed by atoms with Crippen molar-refractivity contribution in [3.63, 3.8) is 0 Å². The largest absolute Gasteiger partial charge is 0.480 e. The number of carboxylic acid groups (broad SMARTS) is 1. The molecule has 0 atom stereocenters. The third kappa shape index (κ3) is 4.17. The number of carbonyl (C=O) groups is 1. The minimum absolute atomic E-state index is 0.118. The van der Waals surface area contributed by atoms with Crippen LogP contribution < -0.4 is 9.80 Å². The molecule has 0 bridgehead atoms. The molecule has 1 heterocycles. The Balaban J connectivity index is 2.89. The highest BCUT2D eigenvalue weighted by Crippen LogP contribution is 2.13. The molecule has 0 fully saturated rings. The molecule has 0 saturated carbocycles. The average molecular weight is 254 g/mol. The quantitative estimate of drug-likeness (QED) is 0.738. The summed E-state index contributed by atoms with van der Waals surface area (Å²) in [5.74, 6) is 0.213. The lowest BCUT2D eigenvalue weighted by Crippen LogP contribution is -2.33. The van der Waals surface area contributed by atoms with E-state index >= 15 is 0 Å². The number of aromatic nitrogens is 2. The van der Waals surface area contributed by atoms with Crippen LogP contribution >= 0.6 is 0 Å². The molecule has 1 aromatic heterocycles. The van der Waals surface area contributed by atoms with Crippen molar-refractivity contribution >= 4 is 17.7 Å². The fourth-order valence-electron chi connectivity index (χ4n) is 1.37. The first-order valence-electron chi connectivity index (χ1n) is 5.50. The summed E-state index contributed by atoms with van der Waals surface area (Å²) in [6, 6.07) is 1.69. The Morgan fingerprint density at radius 3 is 2.78 bits per heavy atom. The predicted octanol–water partition coefficient (Wildman–Crippen LogP) is 0.0800. The average Bonchev–Trinajstić information content (AvgIpc) is 2.34. The highest BCUT2D eigenvalue weighted by molar-refractivity contribution is 5.73. The molecule has 0 radical (unpaired) electrons. The van der Waals surface area contributed by atoms with Gasteiger partial charge in [0, 0.05) is 33.9 Å². The van der Waals surface area contributed by atoms with Crippen LogP contribution in [-0.2, 0) is 9.53 Å². The Morgan fingerprint density at radius 1 is 1.50 bits per heavy atom. The number of ether oxygens (including phenoxy) is 1. The van der Waals surface area contributed by atoms with Crippen LogP contribution in [0.5, 0.6) is 0 Å². The first-order chi connectivity index (χ1) is 8.54. The Hall–Kier alpha value is -1.89. The lowest BCUT2D eigenvalue weighted by Gasteiger charge is -2.22. The van der Waals surface area contributed by atoms with E-state index in [1.165, 1.54) is 0 Å². The summed E-state index contributed by atoms with van der Waals surface area (Å²) in [5, 5.41) is 8.89. The van der Waals surface area contributed by atoms with Gasteiger partial charge in [-0.05, 0) is 6.07 Å². The molecular weight excluding hydrogens is 236 g/mol. The number of hydrogen-bond donors (Lipinski definition) is 1. The van der Waals surface area contributed by atoms with Gasteiger partial charge in [0.1, 0.15) is 12.4 Å². The van der Waals surface area contributed by atoms with Crippen molar-refractivity contribution < 1.29 is 14.6 Å². The zero-order valence-corrected chi connectivity index (χ0v) is 10.8. The van der Waals surface area contributed by atoms with Crippen molar-refractivity contribution in [1.29, 1.82) is 0 Å². The van der Waals surface area contributed by atoms with Crippen molar-refractivity contribution in [2.45, 2.75) is 0 Å². The summed E-state index contributed by atoms with van der Waals surface area (Å²) in [6.07, 6.45) is 1.61. The number of methoxy groups -OCH3 is 1. The zero-order valence-electron chi connectivity index (χ0n) is 10.8. The van der Waals surface area contributed by atoms with Crippen LogP contribution in [0.3, 0.4) is 0 Å². The molecule has 0 saturated heterocycles. The zero-order chi connectivity index (χ0) is 13.5. The summed E-state index contributed by atoms with van der Waals surface area (Å²) < 4.78 is 4.96. The Bertz CT molecular complexity index is 398. The molecule has 0 unspecified atom stereocenters. The number of nitrogens with zero attached hydrogens (tertiary/aromatic N) is 4. The summed E-state index contributed by atoms with van der Waals surface area (Å²) in [7, 11) is 5.23. The second-order valence-corrected chi connectivity index (χ2v) is 3.92. The minimum Gasteiger partial charge on any atom is -0.480 e. The van der Waals surface area contributed by atoms with Gasteiger partial charge in [0.2, 0.25) is 5.95 Å². The molecule has 0 aliphatic rings. The molecule has 0 spiro atoms. The maximum absolute atomic E-state index is 10.8. The van der Waals surface area contributed by atoms with Crippen LogP contribution in [0.2, 0.25) is 0 Å². The first-order valence-corrected chi connectivity index (χ1v) is 5.50. The summed E-state index contributed by atoms with van der Waals surface area (Å²) in [6.45, 7) is 0.786. The van der Waals surface area contributed by atoms with Gasteiger partial charge in [-0.1, -0.05) is 0 Å². The molecule has 0 aliphatic carbocycles. The summed E-state index contributed by atoms with van der Waals surface area (Å²) in [4.78, 5) is 22.6. The third-order valence-electron chi connectivity index (χ3n) is 2.24. The lowest BCUT2D eigenvalue weighted by molar-refractivity contribution is -0.135. The van der Waals surface area contributed by atoms with Crippen molar-refractivity contribution in [2.24, 2.45) is 0 Å². The highest BCUT2D eigenvalue weighted by Gasteiger charge is 2.13. The number of aliphatic carboxylic acids is 1. The van der Waals surface area contributed by atoms with Crippen LogP contribution in [0.1, 0.15) is 0 Å². The maximum atomic E-state index is 10.8. The van der Waals surface area contributed by atoms with Crippen LogP contribution in [0, 0.1) is 0 Å². The number of anilines is 2. The lowest BCUT2D eigenvalue weighted by atomic mass is 10.4. The highest BCUT2D eigenvalue weighted by atomic mass is 16.5. The molecular formula is C11H18N4O3. The standard InChI is InChI=1S/C11H18N4O3/c1-14(2)11-12-5-4-9(13-11)15(6-7-18-3)8-10(16)17/h4-5H,6-8H2,1-3H3,(H,16,17). The molecule has 0 aliphatic heterocycles. The van der Waals surface area contributed by atoms with E-state index in [0.717, 1.165) is 0 Å². The van der Waals surface area contributed by atoms with E-state index in [0.29, 0.717) is 24.9 Å². The number of hydrogen-bond acceptors (Lipinski definition) is 6. The molecule has 7 heteroatoms. The van der Waals surface area contributed by atoms with E-state index < -0.39 is 5.97 Å². The normalized spacial score (nSPS) is 10.2. The topological polar surface area (TPSA) is 78.8 Å². The molecule has 1 aromatic rings.